The van der Waals surface area contributed by atoms with Crippen LogP contribution in [-0.4, -0.2) is 25.1 Å². The number of thiophene rings is 1. The van der Waals surface area contributed by atoms with Crippen molar-refractivity contribution in [3.63, 3.8) is 0 Å². The number of rotatable bonds is 9. The first-order chi connectivity index (χ1) is 17.1. The van der Waals surface area contributed by atoms with E-state index in [4.69, 9.17) is 9.47 Å². The Bertz CT molecular complexity index is 1280. The number of esters is 1. The van der Waals surface area contributed by atoms with Crippen molar-refractivity contribution in [1.82, 2.24) is 0 Å². The third-order valence-electron chi connectivity index (χ3n) is 5.53. The first-order valence-electron chi connectivity index (χ1n) is 11.5. The molecular formula is C29H27NO4S. The number of nitrogens with one attached hydrogen (secondary N) is 1. The molecule has 0 saturated heterocycles. The molecule has 0 fully saturated rings. The first-order valence-corrected chi connectivity index (χ1v) is 12.4. The van der Waals surface area contributed by atoms with Crippen molar-refractivity contribution in [2.24, 2.45) is 0 Å². The lowest BCUT2D eigenvalue weighted by Gasteiger charge is -2.10. The summed E-state index contributed by atoms with van der Waals surface area (Å²) in [5, 5.41) is 5.14. The van der Waals surface area contributed by atoms with Gasteiger partial charge in [-0.2, -0.15) is 0 Å². The van der Waals surface area contributed by atoms with Gasteiger partial charge in [-0.3, -0.25) is 4.79 Å². The van der Waals surface area contributed by atoms with Crippen LogP contribution in [0.1, 0.15) is 29.8 Å². The SMILES string of the molecule is CCOC(=O)c1c(-c2ccc(CC)cc2)csc1NC(=O)COc1ccc(-c2ccccc2)cc1. The van der Waals surface area contributed by atoms with Gasteiger partial charge in [0, 0.05) is 10.9 Å². The molecule has 4 rings (SSSR count). The van der Waals surface area contributed by atoms with Crippen molar-refractivity contribution in [2.45, 2.75) is 20.3 Å². The minimum atomic E-state index is -0.462. The van der Waals surface area contributed by atoms with Crippen LogP contribution in [0, 0.1) is 0 Å². The van der Waals surface area contributed by atoms with Crippen LogP contribution in [-0.2, 0) is 16.0 Å². The van der Waals surface area contributed by atoms with Gasteiger partial charge in [-0.15, -0.1) is 11.3 Å². The Kier molecular flexibility index (Phi) is 7.95. The van der Waals surface area contributed by atoms with E-state index in [1.54, 1.807) is 6.92 Å². The molecule has 1 aromatic heterocycles. The van der Waals surface area contributed by atoms with Gasteiger partial charge in [0.25, 0.3) is 5.91 Å². The van der Waals surface area contributed by atoms with E-state index in [-0.39, 0.29) is 19.1 Å². The topological polar surface area (TPSA) is 64.6 Å². The van der Waals surface area contributed by atoms with Gasteiger partial charge in [-0.25, -0.2) is 4.79 Å². The highest BCUT2D eigenvalue weighted by molar-refractivity contribution is 7.15. The average molecular weight is 486 g/mol. The average Bonchev–Trinajstić information content (AvgIpc) is 3.32. The molecule has 0 radical (unpaired) electrons. The second kappa shape index (κ2) is 11.5. The molecule has 6 heteroatoms. The highest BCUT2D eigenvalue weighted by atomic mass is 32.1. The molecule has 1 N–H and O–H groups in total. The van der Waals surface area contributed by atoms with Gasteiger partial charge in [0.1, 0.15) is 16.3 Å². The van der Waals surface area contributed by atoms with E-state index < -0.39 is 5.97 Å². The minimum absolute atomic E-state index is 0.175. The number of hydrogen-bond donors (Lipinski definition) is 1. The minimum Gasteiger partial charge on any atom is -0.484 e. The lowest BCUT2D eigenvalue weighted by molar-refractivity contribution is -0.118. The predicted octanol–water partition coefficient (Wildman–Crippen LogP) is 6.84. The fourth-order valence-electron chi connectivity index (χ4n) is 3.67. The van der Waals surface area contributed by atoms with Crippen molar-refractivity contribution in [1.29, 1.82) is 0 Å². The lowest BCUT2D eigenvalue weighted by atomic mass is 10.0. The summed E-state index contributed by atoms with van der Waals surface area (Å²) in [6.07, 6.45) is 0.935. The summed E-state index contributed by atoms with van der Waals surface area (Å²) in [5.41, 5.74) is 5.40. The van der Waals surface area contributed by atoms with Gasteiger partial charge in [0.2, 0.25) is 0 Å². The van der Waals surface area contributed by atoms with E-state index in [9.17, 15) is 9.59 Å². The van der Waals surface area contributed by atoms with Crippen molar-refractivity contribution in [3.05, 3.63) is 95.4 Å². The van der Waals surface area contributed by atoms with Crippen molar-refractivity contribution in [3.8, 4) is 28.0 Å². The summed E-state index contributed by atoms with van der Waals surface area (Å²) in [7, 11) is 0. The summed E-state index contributed by atoms with van der Waals surface area (Å²) < 4.78 is 10.9. The smallest absolute Gasteiger partial charge is 0.341 e. The molecule has 0 aliphatic heterocycles. The van der Waals surface area contributed by atoms with Gasteiger partial charge in [-0.1, -0.05) is 73.7 Å². The Morgan fingerprint density at radius 3 is 2.14 bits per heavy atom. The zero-order valence-electron chi connectivity index (χ0n) is 19.7. The Morgan fingerprint density at radius 1 is 0.829 bits per heavy atom. The van der Waals surface area contributed by atoms with E-state index in [1.165, 1.54) is 16.9 Å². The van der Waals surface area contributed by atoms with Crippen LogP contribution in [0.5, 0.6) is 5.75 Å². The molecule has 0 spiro atoms. The summed E-state index contributed by atoms with van der Waals surface area (Å²) in [5.74, 6) is -0.221. The number of anilines is 1. The second-order valence-corrected chi connectivity index (χ2v) is 8.73. The van der Waals surface area contributed by atoms with Gasteiger partial charge in [0.05, 0.1) is 6.61 Å². The van der Waals surface area contributed by atoms with Crippen molar-refractivity contribution in [2.75, 3.05) is 18.5 Å². The van der Waals surface area contributed by atoms with Crippen LogP contribution in [0.15, 0.2) is 84.2 Å². The van der Waals surface area contributed by atoms with E-state index >= 15 is 0 Å². The van der Waals surface area contributed by atoms with Crippen LogP contribution >= 0.6 is 11.3 Å². The van der Waals surface area contributed by atoms with E-state index in [2.05, 4.69) is 12.2 Å². The number of carbonyl (C=O) groups is 2. The van der Waals surface area contributed by atoms with Crippen LogP contribution < -0.4 is 10.1 Å². The molecular weight excluding hydrogens is 458 g/mol. The Balaban J connectivity index is 1.45. The van der Waals surface area contributed by atoms with Crippen molar-refractivity contribution >= 4 is 28.2 Å². The molecule has 35 heavy (non-hydrogen) atoms. The monoisotopic (exact) mass is 485 g/mol. The Hall–Kier alpha value is -3.90. The molecule has 0 aliphatic rings. The first kappa shape index (κ1) is 24.2. The maximum absolute atomic E-state index is 12.8. The maximum atomic E-state index is 12.8. The van der Waals surface area contributed by atoms with Crippen LogP contribution in [0.25, 0.3) is 22.3 Å². The molecule has 0 atom stereocenters. The van der Waals surface area contributed by atoms with Crippen LogP contribution in [0.3, 0.4) is 0 Å². The summed E-state index contributed by atoms with van der Waals surface area (Å²) in [4.78, 5) is 25.4. The summed E-state index contributed by atoms with van der Waals surface area (Å²) >= 11 is 1.30. The van der Waals surface area contributed by atoms with Gasteiger partial charge in [-0.05, 0) is 47.7 Å². The fourth-order valence-corrected chi connectivity index (χ4v) is 4.65. The Morgan fingerprint density at radius 2 is 1.49 bits per heavy atom. The van der Waals surface area contributed by atoms with E-state index in [0.717, 1.165) is 28.7 Å². The zero-order valence-corrected chi connectivity index (χ0v) is 20.6. The molecule has 5 nitrogen and oxygen atoms in total. The molecule has 0 unspecified atom stereocenters. The number of benzene rings is 3. The molecule has 4 aromatic rings. The highest BCUT2D eigenvalue weighted by Gasteiger charge is 2.23. The molecule has 0 bridgehead atoms. The molecule has 0 aliphatic carbocycles. The third kappa shape index (κ3) is 5.97. The lowest BCUT2D eigenvalue weighted by Crippen LogP contribution is -2.21. The normalized spacial score (nSPS) is 10.6. The third-order valence-corrected chi connectivity index (χ3v) is 6.42. The van der Waals surface area contributed by atoms with Crippen molar-refractivity contribution < 1.29 is 19.1 Å². The number of aryl methyl sites for hydroxylation is 1. The molecule has 3 aromatic carbocycles. The quantitative estimate of drug-likeness (QED) is 0.264. The van der Waals surface area contributed by atoms with Crippen LogP contribution in [0.2, 0.25) is 0 Å². The second-order valence-electron chi connectivity index (χ2n) is 7.85. The van der Waals surface area contributed by atoms with Gasteiger partial charge >= 0.3 is 5.97 Å². The summed E-state index contributed by atoms with van der Waals surface area (Å²) in [6, 6.07) is 25.7. The summed E-state index contributed by atoms with van der Waals surface area (Å²) in [6.45, 7) is 3.93. The number of ether oxygens (including phenoxy) is 2. The molecule has 178 valence electrons. The molecule has 0 saturated carbocycles. The standard InChI is InChI=1S/C29H27NO4S/c1-3-20-10-12-23(13-11-20)25-19-35-28(27(25)29(32)33-4-2)30-26(31)18-34-24-16-14-22(15-17-24)21-8-6-5-7-9-21/h5-17,19H,3-4,18H2,1-2H3,(H,30,31). The number of carbonyl (C=O) groups excluding carboxylic acids is 2. The van der Waals surface area contributed by atoms with Gasteiger partial charge in [0.15, 0.2) is 6.61 Å². The van der Waals surface area contributed by atoms with Crippen LogP contribution in [0.4, 0.5) is 5.00 Å². The highest BCUT2D eigenvalue weighted by Crippen LogP contribution is 2.36. The Labute approximate surface area is 209 Å². The predicted molar refractivity (Wildman–Crippen MR) is 141 cm³/mol. The zero-order chi connectivity index (χ0) is 24.6. The largest absolute Gasteiger partial charge is 0.484 e. The molecule has 1 amide bonds. The number of hydrogen-bond acceptors (Lipinski definition) is 5. The van der Waals surface area contributed by atoms with E-state index in [0.29, 0.717) is 16.3 Å². The fraction of sp³-hybridized carbons (Fsp3) is 0.172. The van der Waals surface area contributed by atoms with E-state index in [1.807, 2.05) is 84.2 Å². The molecule has 1 heterocycles. The maximum Gasteiger partial charge on any atom is 0.341 e. The number of amides is 1. The van der Waals surface area contributed by atoms with Gasteiger partial charge < -0.3 is 14.8 Å².